The van der Waals surface area contributed by atoms with Crippen molar-refractivity contribution in [2.45, 2.75) is 39.2 Å². The Morgan fingerprint density at radius 3 is 2.88 bits per heavy atom. The number of nitrogens with one attached hydrogen (secondary N) is 1. The Morgan fingerprint density at radius 2 is 2.25 bits per heavy atom. The zero-order chi connectivity index (χ0) is 17.7. The summed E-state index contributed by atoms with van der Waals surface area (Å²) in [5, 5.41) is 2.94. The van der Waals surface area contributed by atoms with E-state index in [-0.39, 0.29) is 17.9 Å². The molecule has 1 saturated heterocycles. The van der Waals surface area contributed by atoms with E-state index in [1.54, 1.807) is 16.8 Å². The highest BCUT2D eigenvalue weighted by Gasteiger charge is 2.28. The molecule has 0 unspecified atom stereocenters. The Bertz CT molecular complexity index is 569. The largest absolute Gasteiger partial charge is 0.345 e. The molecule has 1 aliphatic heterocycles. The highest BCUT2D eigenvalue weighted by atomic mass is 16.2. The maximum absolute atomic E-state index is 12.1. The van der Waals surface area contributed by atoms with Gasteiger partial charge in [-0.05, 0) is 6.42 Å². The lowest BCUT2D eigenvalue weighted by atomic mass is 10.1. The molecule has 7 nitrogen and oxygen atoms in total. The number of amides is 3. The van der Waals surface area contributed by atoms with Gasteiger partial charge in [-0.1, -0.05) is 13.8 Å². The zero-order valence-electron chi connectivity index (χ0n) is 15.2. The first-order chi connectivity index (χ1) is 11.4. The fourth-order valence-corrected chi connectivity index (χ4v) is 3.14. The molecule has 0 aliphatic carbocycles. The molecule has 1 fully saturated rings. The number of hydrogen-bond donors (Lipinski definition) is 1. The molecule has 1 aromatic heterocycles. The lowest BCUT2D eigenvalue weighted by molar-refractivity contribution is -0.126. The predicted octanol–water partition coefficient (Wildman–Crippen LogP) is 1.52. The van der Waals surface area contributed by atoms with Crippen molar-refractivity contribution < 1.29 is 9.59 Å². The molecule has 2 rings (SSSR count). The molecule has 134 valence electrons. The normalized spacial score (nSPS) is 17.6. The van der Waals surface area contributed by atoms with Gasteiger partial charge in [0.15, 0.2) is 0 Å². The van der Waals surface area contributed by atoms with Crippen LogP contribution in [0.5, 0.6) is 0 Å². The number of likely N-dealkylation sites (tertiary alicyclic amines) is 1. The molecular weight excluding hydrogens is 306 g/mol. The molecule has 0 radical (unpaired) electrons. The SMILES string of the molecule is CC(C)c1nccn1CCCNC(=O)N(C)C[C@@H]1CC(=O)N(C)C1. The third-order valence-electron chi connectivity index (χ3n) is 4.42. The lowest BCUT2D eigenvalue weighted by Crippen LogP contribution is -2.40. The highest BCUT2D eigenvalue weighted by molar-refractivity contribution is 5.78. The van der Waals surface area contributed by atoms with Gasteiger partial charge in [0, 0.05) is 70.9 Å². The van der Waals surface area contributed by atoms with E-state index < -0.39 is 0 Å². The third kappa shape index (κ3) is 4.72. The third-order valence-corrected chi connectivity index (χ3v) is 4.42. The van der Waals surface area contributed by atoms with Crippen LogP contribution in [0.1, 0.15) is 38.4 Å². The number of carbonyl (C=O) groups excluding carboxylic acids is 2. The van der Waals surface area contributed by atoms with Gasteiger partial charge >= 0.3 is 6.03 Å². The molecule has 2 heterocycles. The van der Waals surface area contributed by atoms with Crippen LogP contribution in [0.3, 0.4) is 0 Å². The Morgan fingerprint density at radius 1 is 1.50 bits per heavy atom. The second-order valence-corrected chi connectivity index (χ2v) is 6.94. The predicted molar refractivity (Wildman–Crippen MR) is 92.7 cm³/mol. The number of aryl methyl sites for hydroxylation is 1. The first kappa shape index (κ1) is 18.3. The highest BCUT2D eigenvalue weighted by Crippen LogP contribution is 2.16. The van der Waals surface area contributed by atoms with Gasteiger partial charge in [-0.3, -0.25) is 4.79 Å². The smallest absolute Gasteiger partial charge is 0.317 e. The van der Waals surface area contributed by atoms with Crippen LogP contribution in [0.25, 0.3) is 0 Å². The number of aromatic nitrogens is 2. The maximum atomic E-state index is 12.1. The van der Waals surface area contributed by atoms with Crippen molar-refractivity contribution in [2.24, 2.45) is 5.92 Å². The second-order valence-electron chi connectivity index (χ2n) is 6.94. The summed E-state index contributed by atoms with van der Waals surface area (Å²) in [6, 6.07) is -0.0771. The summed E-state index contributed by atoms with van der Waals surface area (Å²) in [5.74, 6) is 1.87. The summed E-state index contributed by atoms with van der Waals surface area (Å²) in [6.07, 6.45) is 5.20. The summed E-state index contributed by atoms with van der Waals surface area (Å²) in [6.45, 7) is 7.07. The minimum atomic E-state index is -0.0771. The van der Waals surface area contributed by atoms with Crippen LogP contribution in [0.15, 0.2) is 12.4 Å². The van der Waals surface area contributed by atoms with E-state index in [0.717, 1.165) is 25.3 Å². The molecule has 1 aliphatic rings. The maximum Gasteiger partial charge on any atom is 0.317 e. The lowest BCUT2D eigenvalue weighted by Gasteiger charge is -2.21. The number of imidazole rings is 1. The molecule has 3 amide bonds. The average molecular weight is 335 g/mol. The van der Waals surface area contributed by atoms with Gasteiger partial charge in [0.2, 0.25) is 5.91 Å². The Hall–Kier alpha value is -2.05. The van der Waals surface area contributed by atoms with Crippen molar-refractivity contribution in [3.63, 3.8) is 0 Å². The van der Waals surface area contributed by atoms with Gasteiger partial charge in [0.05, 0.1) is 0 Å². The van der Waals surface area contributed by atoms with Crippen molar-refractivity contribution in [2.75, 3.05) is 33.7 Å². The van der Waals surface area contributed by atoms with Crippen LogP contribution in [-0.4, -0.2) is 65.0 Å². The monoisotopic (exact) mass is 335 g/mol. The molecule has 0 saturated carbocycles. The fourth-order valence-electron chi connectivity index (χ4n) is 3.14. The summed E-state index contributed by atoms with van der Waals surface area (Å²) in [5.41, 5.74) is 0. The number of rotatable bonds is 7. The standard InChI is InChI=1S/C17H29N5O2/c1-13(2)16-18-7-9-22(16)8-5-6-19-17(24)21(4)12-14-10-15(23)20(3)11-14/h7,9,13-14H,5-6,8,10-12H2,1-4H3,(H,19,24)/t14-/m1/s1. The van der Waals surface area contributed by atoms with Crippen LogP contribution < -0.4 is 5.32 Å². The van der Waals surface area contributed by atoms with E-state index in [9.17, 15) is 9.59 Å². The Balaban J connectivity index is 1.67. The van der Waals surface area contributed by atoms with Crippen LogP contribution in [-0.2, 0) is 11.3 Å². The van der Waals surface area contributed by atoms with Crippen molar-refractivity contribution >= 4 is 11.9 Å². The van der Waals surface area contributed by atoms with Crippen LogP contribution in [0.4, 0.5) is 4.79 Å². The van der Waals surface area contributed by atoms with Gasteiger partial charge in [0.1, 0.15) is 5.82 Å². The minimum Gasteiger partial charge on any atom is -0.345 e. The molecule has 0 bridgehead atoms. The fraction of sp³-hybridized carbons (Fsp3) is 0.706. The van der Waals surface area contributed by atoms with E-state index in [1.807, 2.05) is 19.4 Å². The summed E-state index contributed by atoms with van der Waals surface area (Å²) in [7, 11) is 3.59. The molecular formula is C17H29N5O2. The van der Waals surface area contributed by atoms with Crippen LogP contribution >= 0.6 is 0 Å². The molecule has 0 aromatic carbocycles. The second kappa shape index (κ2) is 8.17. The Kier molecular flexibility index (Phi) is 6.23. The quantitative estimate of drug-likeness (QED) is 0.768. The molecule has 1 atom stereocenters. The minimum absolute atomic E-state index is 0.0771. The number of nitrogens with zero attached hydrogens (tertiary/aromatic N) is 4. The van der Waals surface area contributed by atoms with Gasteiger partial charge in [-0.2, -0.15) is 0 Å². The van der Waals surface area contributed by atoms with Crippen molar-refractivity contribution in [1.29, 1.82) is 0 Å². The summed E-state index contributed by atoms with van der Waals surface area (Å²) < 4.78 is 2.14. The van der Waals surface area contributed by atoms with Crippen LogP contribution in [0, 0.1) is 5.92 Å². The molecule has 1 aromatic rings. The first-order valence-corrected chi connectivity index (χ1v) is 8.62. The summed E-state index contributed by atoms with van der Waals surface area (Å²) >= 11 is 0. The van der Waals surface area contributed by atoms with E-state index in [0.29, 0.717) is 25.4 Å². The van der Waals surface area contributed by atoms with Gasteiger partial charge in [0.25, 0.3) is 0 Å². The topological polar surface area (TPSA) is 70.5 Å². The van der Waals surface area contributed by atoms with E-state index in [4.69, 9.17) is 0 Å². The Labute approximate surface area is 144 Å². The van der Waals surface area contributed by atoms with Gasteiger partial charge < -0.3 is 19.7 Å². The number of urea groups is 1. The van der Waals surface area contributed by atoms with Gasteiger partial charge in [-0.15, -0.1) is 0 Å². The molecule has 7 heteroatoms. The zero-order valence-corrected chi connectivity index (χ0v) is 15.2. The number of hydrogen-bond acceptors (Lipinski definition) is 3. The average Bonchev–Trinajstić information content (AvgIpc) is 3.10. The molecule has 0 spiro atoms. The van der Waals surface area contributed by atoms with E-state index in [2.05, 4.69) is 28.7 Å². The molecule has 1 N–H and O–H groups in total. The summed E-state index contributed by atoms with van der Waals surface area (Å²) in [4.78, 5) is 31.4. The van der Waals surface area contributed by atoms with Crippen LogP contribution in [0.2, 0.25) is 0 Å². The van der Waals surface area contributed by atoms with Gasteiger partial charge in [-0.25, -0.2) is 9.78 Å². The van der Waals surface area contributed by atoms with Crippen molar-refractivity contribution in [3.8, 4) is 0 Å². The number of carbonyl (C=O) groups is 2. The first-order valence-electron chi connectivity index (χ1n) is 8.62. The van der Waals surface area contributed by atoms with Crippen molar-refractivity contribution in [1.82, 2.24) is 24.7 Å². The molecule has 24 heavy (non-hydrogen) atoms. The van der Waals surface area contributed by atoms with E-state index in [1.165, 1.54) is 0 Å². The van der Waals surface area contributed by atoms with E-state index >= 15 is 0 Å². The van der Waals surface area contributed by atoms with Crippen molar-refractivity contribution in [3.05, 3.63) is 18.2 Å².